The Bertz CT molecular complexity index is 1660. The average Bonchev–Trinajstić information content (AvgIpc) is 3.43. The van der Waals surface area contributed by atoms with Crippen molar-refractivity contribution in [3.63, 3.8) is 0 Å². The van der Waals surface area contributed by atoms with Crippen LogP contribution in [-0.2, 0) is 6.42 Å². The summed E-state index contributed by atoms with van der Waals surface area (Å²) in [6.45, 7) is 0. The number of hydrogen-bond donors (Lipinski definition) is 2. The molecule has 2 heteroatoms. The standard InChI is InChI=1S/C31H22N2/c1-2-8-20(9-3-1)25-12-6-13-26-30-28(14-7-15-29(30)33-31(25)26)32-23-17-16-22-18-21-10-4-5-11-24(21)27(22)19-23/h1-17,19,32-33H,18H2. The van der Waals surface area contributed by atoms with Gasteiger partial charge in [-0.25, -0.2) is 0 Å². The molecule has 0 amide bonds. The Kier molecular flexibility index (Phi) is 3.94. The maximum absolute atomic E-state index is 3.72. The van der Waals surface area contributed by atoms with Crippen molar-refractivity contribution in [2.24, 2.45) is 0 Å². The van der Waals surface area contributed by atoms with Crippen LogP contribution in [-0.4, -0.2) is 4.98 Å². The van der Waals surface area contributed by atoms with Crippen LogP contribution in [0, 0.1) is 0 Å². The van der Waals surface area contributed by atoms with E-state index in [9.17, 15) is 0 Å². The first-order valence-electron chi connectivity index (χ1n) is 11.4. The summed E-state index contributed by atoms with van der Waals surface area (Å²) in [6, 6.07) is 39.1. The third-order valence-electron chi connectivity index (χ3n) is 6.82. The van der Waals surface area contributed by atoms with Crippen LogP contribution in [0.25, 0.3) is 44.1 Å². The molecule has 0 radical (unpaired) electrons. The first kappa shape index (κ1) is 18.3. The highest BCUT2D eigenvalue weighted by Gasteiger charge is 2.18. The van der Waals surface area contributed by atoms with Gasteiger partial charge in [0.1, 0.15) is 0 Å². The summed E-state index contributed by atoms with van der Waals surface area (Å²) in [4.78, 5) is 3.69. The molecular weight excluding hydrogens is 400 g/mol. The summed E-state index contributed by atoms with van der Waals surface area (Å²) >= 11 is 0. The molecule has 0 fully saturated rings. The van der Waals surface area contributed by atoms with Gasteiger partial charge in [0.15, 0.2) is 0 Å². The van der Waals surface area contributed by atoms with Crippen LogP contribution in [0.5, 0.6) is 0 Å². The van der Waals surface area contributed by atoms with Crippen molar-refractivity contribution in [2.45, 2.75) is 6.42 Å². The molecular formula is C31H22N2. The second-order valence-electron chi connectivity index (χ2n) is 8.78. The maximum Gasteiger partial charge on any atom is 0.0545 e. The fourth-order valence-corrected chi connectivity index (χ4v) is 5.30. The van der Waals surface area contributed by atoms with Gasteiger partial charge in [0.05, 0.1) is 5.52 Å². The summed E-state index contributed by atoms with van der Waals surface area (Å²) < 4.78 is 0. The van der Waals surface area contributed by atoms with E-state index < -0.39 is 0 Å². The number of benzene rings is 5. The summed E-state index contributed by atoms with van der Waals surface area (Å²) in [7, 11) is 0. The molecule has 2 nitrogen and oxygen atoms in total. The van der Waals surface area contributed by atoms with Gasteiger partial charge in [0.2, 0.25) is 0 Å². The number of anilines is 2. The lowest BCUT2D eigenvalue weighted by atomic mass is 10.0. The largest absolute Gasteiger partial charge is 0.355 e. The van der Waals surface area contributed by atoms with E-state index in [0.29, 0.717) is 0 Å². The Balaban J connectivity index is 1.36. The molecule has 1 aliphatic rings. The molecule has 1 aromatic heterocycles. The minimum Gasteiger partial charge on any atom is -0.355 e. The molecule has 156 valence electrons. The number of aromatic nitrogens is 1. The van der Waals surface area contributed by atoms with Gasteiger partial charge in [0, 0.05) is 33.2 Å². The van der Waals surface area contributed by atoms with Crippen molar-refractivity contribution in [3.05, 3.63) is 120 Å². The fraction of sp³-hybridized carbons (Fsp3) is 0.0323. The summed E-state index contributed by atoms with van der Waals surface area (Å²) in [5, 5.41) is 6.19. The van der Waals surface area contributed by atoms with Crippen LogP contribution in [0.2, 0.25) is 0 Å². The van der Waals surface area contributed by atoms with Crippen LogP contribution in [0.3, 0.4) is 0 Å². The molecule has 6 aromatic rings. The number of rotatable bonds is 3. The Morgan fingerprint density at radius 3 is 2.33 bits per heavy atom. The molecule has 1 aliphatic carbocycles. The topological polar surface area (TPSA) is 27.8 Å². The van der Waals surface area contributed by atoms with E-state index in [4.69, 9.17) is 0 Å². The summed E-state index contributed by atoms with van der Waals surface area (Å²) in [6.07, 6.45) is 1.02. The highest BCUT2D eigenvalue weighted by molar-refractivity contribution is 6.17. The van der Waals surface area contributed by atoms with Crippen LogP contribution in [0.4, 0.5) is 11.4 Å². The zero-order chi connectivity index (χ0) is 21.8. The third-order valence-corrected chi connectivity index (χ3v) is 6.82. The lowest BCUT2D eigenvalue weighted by molar-refractivity contribution is 1.26. The van der Waals surface area contributed by atoms with Crippen molar-refractivity contribution in [3.8, 4) is 22.3 Å². The van der Waals surface area contributed by atoms with Gasteiger partial charge in [-0.3, -0.25) is 0 Å². The molecule has 0 atom stereocenters. The molecule has 0 aliphatic heterocycles. The van der Waals surface area contributed by atoms with Crippen molar-refractivity contribution in [2.75, 3.05) is 5.32 Å². The summed E-state index contributed by atoms with van der Waals surface area (Å²) in [5.41, 5.74) is 12.5. The molecule has 2 N–H and O–H groups in total. The molecule has 0 saturated heterocycles. The molecule has 0 saturated carbocycles. The van der Waals surface area contributed by atoms with E-state index in [2.05, 4.69) is 119 Å². The SMILES string of the molecule is c1ccc(-c2cccc3c2[nH]c2cccc(Nc4ccc5c(c4)-c4ccccc4C5)c23)cc1. The Morgan fingerprint density at radius 2 is 1.39 bits per heavy atom. The fourth-order valence-electron chi connectivity index (χ4n) is 5.30. The van der Waals surface area contributed by atoms with Crippen LogP contribution < -0.4 is 5.32 Å². The van der Waals surface area contributed by atoms with Gasteiger partial charge >= 0.3 is 0 Å². The van der Waals surface area contributed by atoms with Crippen LogP contribution in [0.15, 0.2) is 109 Å². The Morgan fingerprint density at radius 1 is 0.606 bits per heavy atom. The van der Waals surface area contributed by atoms with Crippen LogP contribution in [0.1, 0.15) is 11.1 Å². The predicted molar refractivity (Wildman–Crippen MR) is 139 cm³/mol. The van der Waals surface area contributed by atoms with Gasteiger partial charge < -0.3 is 10.3 Å². The van der Waals surface area contributed by atoms with Gasteiger partial charge in [-0.05, 0) is 58.5 Å². The lowest BCUT2D eigenvalue weighted by Gasteiger charge is -2.11. The van der Waals surface area contributed by atoms with E-state index in [1.165, 1.54) is 49.7 Å². The first-order valence-corrected chi connectivity index (χ1v) is 11.4. The second kappa shape index (κ2) is 7.11. The monoisotopic (exact) mass is 422 g/mol. The van der Waals surface area contributed by atoms with Gasteiger partial charge in [-0.15, -0.1) is 0 Å². The Hall–Kier alpha value is -4.30. The number of hydrogen-bond acceptors (Lipinski definition) is 1. The predicted octanol–water partition coefficient (Wildman–Crippen LogP) is 8.30. The zero-order valence-electron chi connectivity index (χ0n) is 18.1. The van der Waals surface area contributed by atoms with Crippen molar-refractivity contribution >= 4 is 33.2 Å². The zero-order valence-corrected chi connectivity index (χ0v) is 18.1. The number of H-pyrrole nitrogens is 1. The van der Waals surface area contributed by atoms with E-state index in [-0.39, 0.29) is 0 Å². The number of aromatic amines is 1. The van der Waals surface area contributed by atoms with Gasteiger partial charge in [-0.2, -0.15) is 0 Å². The maximum atomic E-state index is 3.72. The number of fused-ring (bicyclic) bond motifs is 6. The van der Waals surface area contributed by atoms with Gasteiger partial charge in [-0.1, -0.05) is 84.9 Å². The van der Waals surface area contributed by atoms with Crippen molar-refractivity contribution in [1.29, 1.82) is 0 Å². The Labute approximate surface area is 192 Å². The lowest BCUT2D eigenvalue weighted by Crippen LogP contribution is -1.92. The van der Waals surface area contributed by atoms with Gasteiger partial charge in [0.25, 0.3) is 0 Å². The molecule has 0 unspecified atom stereocenters. The second-order valence-corrected chi connectivity index (χ2v) is 8.78. The minimum absolute atomic E-state index is 1.02. The third kappa shape index (κ3) is 2.88. The van der Waals surface area contributed by atoms with E-state index in [0.717, 1.165) is 23.3 Å². The highest BCUT2D eigenvalue weighted by Crippen LogP contribution is 2.40. The molecule has 7 rings (SSSR count). The molecule has 0 spiro atoms. The quantitative estimate of drug-likeness (QED) is 0.294. The minimum atomic E-state index is 1.02. The number of para-hydroxylation sites is 1. The number of nitrogens with one attached hydrogen (secondary N) is 2. The van der Waals surface area contributed by atoms with E-state index in [1.54, 1.807) is 0 Å². The first-order chi connectivity index (χ1) is 16.3. The molecule has 33 heavy (non-hydrogen) atoms. The van der Waals surface area contributed by atoms with Crippen molar-refractivity contribution in [1.82, 2.24) is 4.98 Å². The molecule has 0 bridgehead atoms. The molecule has 1 heterocycles. The smallest absolute Gasteiger partial charge is 0.0545 e. The van der Waals surface area contributed by atoms with E-state index >= 15 is 0 Å². The average molecular weight is 423 g/mol. The highest BCUT2D eigenvalue weighted by atomic mass is 14.9. The van der Waals surface area contributed by atoms with Crippen LogP contribution >= 0.6 is 0 Å². The normalized spacial score (nSPS) is 12.1. The van der Waals surface area contributed by atoms with E-state index in [1.807, 2.05) is 0 Å². The van der Waals surface area contributed by atoms with Crippen molar-refractivity contribution < 1.29 is 0 Å². The summed E-state index contributed by atoms with van der Waals surface area (Å²) in [5.74, 6) is 0. The molecule has 5 aromatic carbocycles.